The van der Waals surface area contributed by atoms with Crippen molar-refractivity contribution in [1.82, 2.24) is 0 Å². The maximum atomic E-state index is 6.86. The second-order valence-electron chi connectivity index (χ2n) is 12.1. The van der Waals surface area contributed by atoms with Crippen LogP contribution in [0.2, 0.25) is 0 Å². The van der Waals surface area contributed by atoms with Gasteiger partial charge in [-0.3, -0.25) is 0 Å². The van der Waals surface area contributed by atoms with Crippen molar-refractivity contribution in [2.24, 2.45) is 0 Å². The minimum Gasteiger partial charge on any atom is -0.457 e. The average Bonchev–Trinajstić information content (AvgIpc) is 3.05. The molecule has 0 aromatic heterocycles. The van der Waals surface area contributed by atoms with E-state index in [-0.39, 0.29) is 5.41 Å². The third-order valence-electron chi connectivity index (χ3n) is 9.56. The van der Waals surface area contributed by atoms with Gasteiger partial charge in [-0.1, -0.05) is 111 Å². The predicted molar refractivity (Wildman–Crippen MR) is 177 cm³/mol. The second kappa shape index (κ2) is 8.73. The Hall–Kier alpha value is -5.06. The number of ether oxygens (including phenoxy) is 2. The van der Waals surface area contributed by atoms with Gasteiger partial charge in [0.15, 0.2) is 8.07 Å². The Morgan fingerprint density at radius 2 is 1.07 bits per heavy atom. The quantitative estimate of drug-likeness (QED) is 0.202. The predicted octanol–water partition coefficient (Wildman–Crippen LogP) is 7.38. The Morgan fingerprint density at radius 3 is 1.79 bits per heavy atom. The zero-order chi connectivity index (χ0) is 28.8. The molecule has 0 spiro atoms. The standard InChI is InChI=1S/C39H29NO2Si/c1-39(2)28-15-6-8-17-30(28)40(31-18-9-7-16-29(31)39)26-23-24-37-35(25-26)42-34-21-12-20-33-38(34)43(37,27-13-4-3-5-14-27)36-22-11-10-19-32(36)41-33/h3-25H,1-2H3. The Balaban J connectivity index is 1.33. The fourth-order valence-electron chi connectivity index (χ4n) is 7.70. The molecular weight excluding hydrogens is 543 g/mol. The van der Waals surface area contributed by atoms with Gasteiger partial charge >= 0.3 is 0 Å². The smallest absolute Gasteiger partial charge is 0.197 e. The third kappa shape index (κ3) is 3.19. The van der Waals surface area contributed by atoms with Gasteiger partial charge in [-0.05, 0) is 63.1 Å². The minimum atomic E-state index is -2.76. The molecule has 9 rings (SSSR count). The van der Waals surface area contributed by atoms with Crippen LogP contribution in [0.1, 0.15) is 25.0 Å². The summed E-state index contributed by atoms with van der Waals surface area (Å²) in [6.07, 6.45) is 0. The van der Waals surface area contributed by atoms with Crippen molar-refractivity contribution in [1.29, 1.82) is 0 Å². The molecule has 0 saturated heterocycles. The van der Waals surface area contributed by atoms with Crippen molar-refractivity contribution in [3.8, 4) is 23.0 Å². The highest BCUT2D eigenvalue weighted by molar-refractivity contribution is 7.21. The monoisotopic (exact) mass is 571 g/mol. The number of anilines is 3. The Morgan fingerprint density at radius 1 is 0.512 bits per heavy atom. The van der Waals surface area contributed by atoms with Crippen molar-refractivity contribution in [3.63, 3.8) is 0 Å². The minimum absolute atomic E-state index is 0.111. The molecule has 3 aliphatic heterocycles. The number of fused-ring (bicyclic) bond motifs is 6. The first-order valence-corrected chi connectivity index (χ1v) is 16.9. The van der Waals surface area contributed by atoms with E-state index in [9.17, 15) is 0 Å². The molecule has 0 amide bonds. The van der Waals surface area contributed by atoms with Crippen LogP contribution in [0, 0.1) is 0 Å². The molecule has 43 heavy (non-hydrogen) atoms. The van der Waals surface area contributed by atoms with Crippen LogP contribution >= 0.6 is 0 Å². The first-order chi connectivity index (χ1) is 21.1. The molecule has 0 radical (unpaired) electrons. The average molecular weight is 572 g/mol. The van der Waals surface area contributed by atoms with Crippen LogP contribution < -0.4 is 35.1 Å². The van der Waals surface area contributed by atoms with E-state index in [2.05, 4.69) is 152 Å². The van der Waals surface area contributed by atoms with Gasteiger partial charge < -0.3 is 14.4 Å². The number of hydrogen-bond acceptors (Lipinski definition) is 3. The molecule has 0 fully saturated rings. The molecule has 1 unspecified atom stereocenters. The lowest BCUT2D eigenvalue weighted by Crippen LogP contribution is -2.77. The summed E-state index contributed by atoms with van der Waals surface area (Å²) in [6, 6.07) is 50.3. The molecule has 0 N–H and O–H groups in total. The van der Waals surface area contributed by atoms with Crippen LogP contribution in [0.15, 0.2) is 140 Å². The number of nitrogens with zero attached hydrogens (tertiary/aromatic N) is 1. The van der Waals surface area contributed by atoms with E-state index in [0.29, 0.717) is 0 Å². The Labute approximate surface area is 252 Å². The van der Waals surface area contributed by atoms with Gasteiger partial charge in [0.1, 0.15) is 23.0 Å². The summed E-state index contributed by atoms with van der Waals surface area (Å²) in [7, 11) is -2.76. The van der Waals surface area contributed by atoms with Crippen LogP contribution in [-0.4, -0.2) is 8.07 Å². The molecule has 206 valence electrons. The summed E-state index contributed by atoms with van der Waals surface area (Å²) in [5, 5.41) is 5.02. The normalized spacial score (nSPS) is 18.1. The van der Waals surface area contributed by atoms with E-state index in [4.69, 9.17) is 9.47 Å². The molecule has 6 aromatic rings. The zero-order valence-corrected chi connectivity index (χ0v) is 25.0. The van der Waals surface area contributed by atoms with Crippen LogP contribution in [-0.2, 0) is 5.41 Å². The van der Waals surface area contributed by atoms with E-state index in [1.165, 1.54) is 43.2 Å². The topological polar surface area (TPSA) is 21.7 Å². The summed E-state index contributed by atoms with van der Waals surface area (Å²) in [5.41, 5.74) is 6.02. The second-order valence-corrected chi connectivity index (χ2v) is 15.8. The largest absolute Gasteiger partial charge is 0.457 e. The molecule has 6 aromatic carbocycles. The van der Waals surface area contributed by atoms with Crippen molar-refractivity contribution in [2.45, 2.75) is 19.3 Å². The maximum Gasteiger partial charge on any atom is 0.197 e. The fourth-order valence-corrected chi connectivity index (χ4v) is 12.8. The fraction of sp³-hybridized carbons (Fsp3) is 0.0769. The first-order valence-electron chi connectivity index (χ1n) is 14.9. The van der Waals surface area contributed by atoms with Crippen molar-refractivity contribution < 1.29 is 9.47 Å². The lowest BCUT2D eigenvalue weighted by molar-refractivity contribution is 0.464. The summed E-state index contributed by atoms with van der Waals surface area (Å²) in [6.45, 7) is 4.65. The Bertz CT molecular complexity index is 2040. The van der Waals surface area contributed by atoms with Crippen LogP contribution in [0.25, 0.3) is 0 Å². The van der Waals surface area contributed by atoms with Gasteiger partial charge in [-0.25, -0.2) is 0 Å². The summed E-state index contributed by atoms with van der Waals surface area (Å²) < 4.78 is 13.4. The molecule has 4 heteroatoms. The highest BCUT2D eigenvalue weighted by Crippen LogP contribution is 2.52. The molecule has 0 saturated carbocycles. The SMILES string of the molecule is CC1(C)c2ccccc2N(c2ccc3c(c2)Oc2cccc4c2[Si]3(c2ccccc2)c2ccccc2O4)c2ccccc21. The van der Waals surface area contributed by atoms with E-state index in [1.54, 1.807) is 0 Å². The van der Waals surface area contributed by atoms with E-state index in [1.807, 2.05) is 6.07 Å². The lowest BCUT2D eigenvalue weighted by atomic mass is 9.73. The molecule has 1 atom stereocenters. The van der Waals surface area contributed by atoms with Gasteiger partial charge in [0.2, 0.25) is 0 Å². The third-order valence-corrected chi connectivity index (χ3v) is 14.4. The van der Waals surface area contributed by atoms with Crippen LogP contribution in [0.5, 0.6) is 23.0 Å². The van der Waals surface area contributed by atoms with Gasteiger partial charge in [0.25, 0.3) is 0 Å². The number of para-hydroxylation sites is 3. The lowest BCUT2D eigenvalue weighted by Gasteiger charge is -2.44. The van der Waals surface area contributed by atoms with E-state index in [0.717, 1.165) is 28.7 Å². The maximum absolute atomic E-state index is 6.86. The first kappa shape index (κ1) is 24.5. The van der Waals surface area contributed by atoms with E-state index >= 15 is 0 Å². The highest BCUT2D eigenvalue weighted by atomic mass is 28.3. The van der Waals surface area contributed by atoms with Crippen molar-refractivity contribution in [3.05, 3.63) is 151 Å². The van der Waals surface area contributed by atoms with Gasteiger partial charge in [0.05, 0.1) is 11.4 Å². The summed E-state index contributed by atoms with van der Waals surface area (Å²) >= 11 is 0. The highest BCUT2D eigenvalue weighted by Gasteiger charge is 2.53. The van der Waals surface area contributed by atoms with Crippen molar-refractivity contribution >= 4 is 45.9 Å². The van der Waals surface area contributed by atoms with Gasteiger partial charge in [-0.2, -0.15) is 0 Å². The molecule has 0 aliphatic carbocycles. The van der Waals surface area contributed by atoms with Crippen LogP contribution in [0.3, 0.4) is 0 Å². The molecule has 3 aliphatic rings. The van der Waals surface area contributed by atoms with Gasteiger partial charge in [-0.15, -0.1) is 0 Å². The van der Waals surface area contributed by atoms with E-state index < -0.39 is 8.07 Å². The molecule has 0 bridgehead atoms. The van der Waals surface area contributed by atoms with Crippen LogP contribution in [0.4, 0.5) is 17.1 Å². The number of benzene rings is 6. The van der Waals surface area contributed by atoms with Crippen molar-refractivity contribution in [2.75, 3.05) is 4.90 Å². The molecular formula is C39H29NO2Si. The zero-order valence-electron chi connectivity index (χ0n) is 24.0. The number of hydrogen-bond donors (Lipinski definition) is 0. The molecule has 3 heterocycles. The number of rotatable bonds is 2. The Kier molecular flexibility index (Phi) is 4.98. The summed E-state index contributed by atoms with van der Waals surface area (Å²) in [4.78, 5) is 2.40. The van der Waals surface area contributed by atoms with Gasteiger partial charge in [0, 0.05) is 22.4 Å². The summed E-state index contributed by atoms with van der Waals surface area (Å²) in [5.74, 6) is 3.62. The molecule has 3 nitrogen and oxygen atoms in total.